The summed E-state index contributed by atoms with van der Waals surface area (Å²) in [6.07, 6.45) is 1.68. The number of para-hydroxylation sites is 1. The van der Waals surface area contributed by atoms with Gasteiger partial charge in [-0.15, -0.1) is 0 Å². The predicted octanol–water partition coefficient (Wildman–Crippen LogP) is 4.09. The third-order valence-corrected chi connectivity index (χ3v) is 6.02. The lowest BCUT2D eigenvalue weighted by Gasteiger charge is -2.13. The molecule has 0 saturated carbocycles. The van der Waals surface area contributed by atoms with Crippen molar-refractivity contribution in [2.45, 2.75) is 54.4 Å². The Balaban J connectivity index is 0.000000252. The molecule has 0 aliphatic rings. The smallest absolute Gasteiger partial charge is 0.356 e. The molecule has 15 nitrogen and oxygen atoms in total. The van der Waals surface area contributed by atoms with Crippen LogP contribution in [0.1, 0.15) is 116 Å². The van der Waals surface area contributed by atoms with Crippen molar-refractivity contribution in [2.75, 3.05) is 11.9 Å². The van der Waals surface area contributed by atoms with E-state index in [1.807, 2.05) is 18.2 Å². The molecule has 0 aliphatic carbocycles. The summed E-state index contributed by atoms with van der Waals surface area (Å²) in [7, 11) is 0. The zero-order valence-electron chi connectivity index (χ0n) is 25.7. The Morgan fingerprint density at radius 3 is 1.51 bits per heavy atom. The first kappa shape index (κ1) is 35.5. The number of carboxylic acids is 1. The Labute approximate surface area is 258 Å². The maximum absolute atomic E-state index is 12.3. The molecule has 0 bridgehead atoms. The number of H-pyrrole nitrogens is 3. The summed E-state index contributed by atoms with van der Waals surface area (Å²) in [4.78, 5) is 66.3. The number of Topliss-reactive ketones (excluding diaryl/α,β-unsaturated/α-hetero) is 3. The normalized spacial score (nSPS) is 10.0. The van der Waals surface area contributed by atoms with E-state index in [0.29, 0.717) is 6.61 Å². The summed E-state index contributed by atoms with van der Waals surface area (Å²) >= 11 is 0. The van der Waals surface area contributed by atoms with Crippen molar-refractivity contribution in [3.05, 3.63) is 81.7 Å². The molecule has 0 spiro atoms. The highest BCUT2D eigenvalue weighted by Gasteiger charge is 2.16. The van der Waals surface area contributed by atoms with Gasteiger partial charge in [0.15, 0.2) is 17.3 Å². The largest absolute Gasteiger partial charge is 0.477 e. The zero-order chi connectivity index (χ0) is 33.7. The van der Waals surface area contributed by atoms with Gasteiger partial charge >= 0.3 is 11.9 Å². The second-order valence-electron chi connectivity index (χ2n) is 9.31. The summed E-state index contributed by atoms with van der Waals surface area (Å²) < 4.78 is 4.70. The number of aromatic amines is 3. The van der Waals surface area contributed by atoms with Gasteiger partial charge in [-0.3, -0.25) is 34.5 Å². The van der Waals surface area contributed by atoms with E-state index in [1.165, 1.54) is 39.0 Å². The second-order valence-corrected chi connectivity index (χ2v) is 9.31. The molecule has 238 valence electrons. The van der Waals surface area contributed by atoms with Crippen LogP contribution < -0.4 is 5.32 Å². The lowest BCUT2D eigenvalue weighted by molar-refractivity contribution is 0.0518. The Morgan fingerprint density at radius 1 is 0.711 bits per heavy atom. The SMILES string of the molecule is CC(=O)c1cc(C(=O)O)[nH]n1.CCOC(=O)c1cc(C(C)=O)n[nH]1.CCc1cccc(CC)c1NC(=O)c1cc(C(C)=O)n[nH]1. The molecule has 0 unspecified atom stereocenters. The second kappa shape index (κ2) is 16.8. The number of anilines is 1. The number of aromatic carboxylic acids is 1. The van der Waals surface area contributed by atoms with Crippen molar-refractivity contribution < 1.29 is 38.6 Å². The lowest BCUT2D eigenvalue weighted by atomic mass is 10.0. The number of carbonyl (C=O) groups is 6. The van der Waals surface area contributed by atoms with Gasteiger partial charge in [-0.05, 0) is 37.0 Å². The summed E-state index contributed by atoms with van der Waals surface area (Å²) in [5.74, 6) is -2.52. The number of hydrogen-bond donors (Lipinski definition) is 5. The number of nitrogens with zero attached hydrogens (tertiary/aromatic N) is 3. The number of esters is 1. The average molecular weight is 622 g/mol. The maximum atomic E-state index is 12.3. The molecule has 0 saturated heterocycles. The molecule has 4 aromatic rings. The lowest BCUT2D eigenvalue weighted by Crippen LogP contribution is -2.15. The van der Waals surface area contributed by atoms with Crippen LogP contribution in [-0.4, -0.2) is 77.5 Å². The molecule has 45 heavy (non-hydrogen) atoms. The van der Waals surface area contributed by atoms with Crippen LogP contribution in [0, 0.1) is 0 Å². The number of carbonyl (C=O) groups excluding carboxylic acids is 5. The fourth-order valence-electron chi connectivity index (χ4n) is 3.63. The minimum atomic E-state index is -1.12. The number of rotatable bonds is 10. The first-order valence-electron chi connectivity index (χ1n) is 13.8. The van der Waals surface area contributed by atoms with Gasteiger partial charge in [0.2, 0.25) is 0 Å². The molecular formula is C30H35N7O8. The minimum Gasteiger partial charge on any atom is -0.477 e. The Kier molecular flexibility index (Phi) is 13.2. The van der Waals surface area contributed by atoms with Gasteiger partial charge in [-0.1, -0.05) is 32.0 Å². The first-order valence-corrected chi connectivity index (χ1v) is 13.8. The number of nitrogens with one attached hydrogen (secondary N) is 4. The topological polar surface area (TPSA) is 230 Å². The van der Waals surface area contributed by atoms with Crippen molar-refractivity contribution in [1.82, 2.24) is 30.6 Å². The number of ether oxygens (including phenoxy) is 1. The molecule has 3 heterocycles. The van der Waals surface area contributed by atoms with Crippen LogP contribution in [0.15, 0.2) is 36.4 Å². The van der Waals surface area contributed by atoms with E-state index in [0.717, 1.165) is 29.7 Å². The molecule has 0 fully saturated rings. The Hall–Kier alpha value is -5.73. The monoisotopic (exact) mass is 621 g/mol. The van der Waals surface area contributed by atoms with Gasteiger partial charge in [0.05, 0.1) is 6.61 Å². The molecule has 1 aromatic carbocycles. The minimum absolute atomic E-state index is 0.0739. The van der Waals surface area contributed by atoms with E-state index in [4.69, 9.17) is 9.84 Å². The molecule has 0 aliphatic heterocycles. The maximum Gasteiger partial charge on any atom is 0.356 e. The Bertz CT molecular complexity index is 1630. The number of carboxylic acid groups (broad SMARTS) is 1. The van der Waals surface area contributed by atoms with Crippen molar-refractivity contribution in [1.29, 1.82) is 0 Å². The molecule has 0 atom stereocenters. The summed E-state index contributed by atoms with van der Waals surface area (Å²) in [5.41, 5.74) is 4.09. The number of amides is 1. The highest BCUT2D eigenvalue weighted by Crippen LogP contribution is 2.23. The van der Waals surface area contributed by atoms with Crippen LogP contribution in [0.2, 0.25) is 0 Å². The first-order chi connectivity index (χ1) is 21.3. The van der Waals surface area contributed by atoms with E-state index in [9.17, 15) is 28.8 Å². The number of ketones is 3. The number of benzene rings is 1. The summed E-state index contributed by atoms with van der Waals surface area (Å²) in [6.45, 7) is 10.2. The van der Waals surface area contributed by atoms with Crippen molar-refractivity contribution >= 4 is 40.9 Å². The van der Waals surface area contributed by atoms with Crippen molar-refractivity contribution in [3.8, 4) is 0 Å². The van der Waals surface area contributed by atoms with E-state index in [-0.39, 0.29) is 57.4 Å². The van der Waals surface area contributed by atoms with Crippen LogP contribution in [0.4, 0.5) is 5.69 Å². The molecular weight excluding hydrogens is 586 g/mol. The van der Waals surface area contributed by atoms with Gasteiger partial charge in [0.1, 0.15) is 34.2 Å². The van der Waals surface area contributed by atoms with E-state index in [1.54, 1.807) is 6.92 Å². The van der Waals surface area contributed by atoms with Gasteiger partial charge in [0, 0.05) is 38.6 Å². The number of aromatic nitrogens is 6. The van der Waals surface area contributed by atoms with Crippen LogP contribution in [0.5, 0.6) is 0 Å². The van der Waals surface area contributed by atoms with Crippen LogP contribution in [0.25, 0.3) is 0 Å². The highest BCUT2D eigenvalue weighted by atomic mass is 16.5. The van der Waals surface area contributed by atoms with Gasteiger partial charge in [0.25, 0.3) is 5.91 Å². The average Bonchev–Trinajstić information content (AvgIpc) is 3.79. The van der Waals surface area contributed by atoms with Gasteiger partial charge in [-0.25, -0.2) is 9.59 Å². The standard InChI is InChI=1S/C16H19N3O2.C8H10N2O3.C6H6N2O3/c1-4-11-7-6-8-12(5-2)15(11)17-16(21)14-9-13(10(3)20)18-19-14;1-3-13-8(12)7-4-6(5(2)11)9-10-7;1-3(9)4-2-5(6(10)11)8-7-4/h6-9H,4-5H2,1-3H3,(H,17,21)(H,18,19);4H,3H2,1-2H3,(H,9,10);2H,1H3,(H,7,8)(H,10,11). The zero-order valence-corrected chi connectivity index (χ0v) is 25.7. The quantitative estimate of drug-likeness (QED) is 0.125. The highest BCUT2D eigenvalue weighted by molar-refractivity contribution is 6.05. The van der Waals surface area contributed by atoms with Crippen LogP contribution in [-0.2, 0) is 17.6 Å². The fraction of sp³-hybridized carbons (Fsp3) is 0.300. The summed E-state index contributed by atoms with van der Waals surface area (Å²) in [5, 5.41) is 29.5. The van der Waals surface area contributed by atoms with Crippen LogP contribution >= 0.6 is 0 Å². The molecule has 5 N–H and O–H groups in total. The molecule has 3 aromatic heterocycles. The fourth-order valence-corrected chi connectivity index (χ4v) is 3.63. The molecule has 4 rings (SSSR count). The number of aryl methyl sites for hydroxylation is 2. The van der Waals surface area contributed by atoms with E-state index in [2.05, 4.69) is 49.8 Å². The van der Waals surface area contributed by atoms with E-state index < -0.39 is 11.9 Å². The third kappa shape index (κ3) is 10.2. The van der Waals surface area contributed by atoms with Crippen molar-refractivity contribution in [3.63, 3.8) is 0 Å². The molecule has 1 amide bonds. The van der Waals surface area contributed by atoms with Gasteiger partial charge in [-0.2, -0.15) is 15.3 Å². The van der Waals surface area contributed by atoms with Gasteiger partial charge < -0.3 is 15.2 Å². The molecule has 0 radical (unpaired) electrons. The van der Waals surface area contributed by atoms with E-state index >= 15 is 0 Å². The van der Waals surface area contributed by atoms with Crippen molar-refractivity contribution in [2.24, 2.45) is 0 Å². The number of hydrogen-bond acceptors (Lipinski definition) is 10. The Morgan fingerprint density at radius 2 is 1.13 bits per heavy atom. The molecule has 15 heteroatoms. The van der Waals surface area contributed by atoms with Crippen LogP contribution in [0.3, 0.4) is 0 Å². The summed E-state index contributed by atoms with van der Waals surface area (Å²) in [6, 6.07) is 10.0. The third-order valence-electron chi connectivity index (χ3n) is 6.02. The predicted molar refractivity (Wildman–Crippen MR) is 162 cm³/mol.